The highest BCUT2D eigenvalue weighted by Gasteiger charge is 2.32. The molecule has 6 heteroatoms. The lowest BCUT2D eigenvalue weighted by atomic mass is 9.85. The molecule has 0 heterocycles. The fourth-order valence-electron chi connectivity index (χ4n) is 2.40. The van der Waals surface area contributed by atoms with Crippen molar-refractivity contribution in [2.75, 3.05) is 20.1 Å². The largest absolute Gasteiger partial charge is 0.330 e. The number of nitrogens with zero attached hydrogens (tertiary/aromatic N) is 1. The summed E-state index contributed by atoms with van der Waals surface area (Å²) in [6, 6.07) is 0.0581. The molecule has 2 atom stereocenters. The maximum absolute atomic E-state index is 11.9. The van der Waals surface area contributed by atoms with Crippen LogP contribution in [0, 0.1) is 5.92 Å². The monoisotopic (exact) mass is 249 g/mol. The molecule has 0 aromatic carbocycles. The molecule has 0 aromatic rings. The molecule has 0 radical (unpaired) electrons. The maximum atomic E-state index is 11.9. The molecule has 16 heavy (non-hydrogen) atoms. The van der Waals surface area contributed by atoms with Gasteiger partial charge in [0.25, 0.3) is 10.2 Å². The molecule has 1 fully saturated rings. The van der Waals surface area contributed by atoms with E-state index in [0.717, 1.165) is 25.7 Å². The Hall–Kier alpha value is -0.170. The molecule has 0 aromatic heterocycles. The van der Waals surface area contributed by atoms with Gasteiger partial charge in [-0.2, -0.15) is 12.7 Å². The minimum absolute atomic E-state index is 0.0581. The van der Waals surface area contributed by atoms with Crippen molar-refractivity contribution in [2.24, 2.45) is 11.7 Å². The van der Waals surface area contributed by atoms with E-state index in [-0.39, 0.29) is 6.04 Å². The first-order valence-corrected chi connectivity index (χ1v) is 7.39. The number of rotatable bonds is 5. The standard InChI is InChI=1S/C10H23N3O2S/c1-3-12-16(14,15)13(2)10-7-5-4-6-9(10)8-11/h9-10,12H,3-8,11H2,1-2H3. The lowest BCUT2D eigenvalue weighted by Crippen LogP contribution is -2.49. The molecule has 3 N–H and O–H groups in total. The Balaban J connectivity index is 2.74. The average molecular weight is 249 g/mol. The van der Waals surface area contributed by atoms with Crippen LogP contribution in [0.4, 0.5) is 0 Å². The Kier molecular flexibility index (Phi) is 5.17. The summed E-state index contributed by atoms with van der Waals surface area (Å²) in [6.07, 6.45) is 4.21. The van der Waals surface area contributed by atoms with Crippen LogP contribution in [0.1, 0.15) is 32.6 Å². The van der Waals surface area contributed by atoms with Gasteiger partial charge in [0.15, 0.2) is 0 Å². The van der Waals surface area contributed by atoms with Crippen molar-refractivity contribution in [2.45, 2.75) is 38.6 Å². The molecular formula is C10H23N3O2S. The van der Waals surface area contributed by atoms with E-state index < -0.39 is 10.2 Å². The van der Waals surface area contributed by atoms with Crippen LogP contribution in [-0.2, 0) is 10.2 Å². The highest BCUT2D eigenvalue weighted by molar-refractivity contribution is 7.87. The first-order chi connectivity index (χ1) is 7.53. The number of hydrogen-bond acceptors (Lipinski definition) is 3. The highest BCUT2D eigenvalue weighted by Crippen LogP contribution is 2.28. The quantitative estimate of drug-likeness (QED) is 0.735. The number of hydrogen-bond donors (Lipinski definition) is 2. The number of nitrogens with one attached hydrogen (secondary N) is 1. The van der Waals surface area contributed by atoms with Gasteiger partial charge in [0, 0.05) is 19.6 Å². The van der Waals surface area contributed by atoms with E-state index in [1.54, 1.807) is 14.0 Å². The van der Waals surface area contributed by atoms with Crippen molar-refractivity contribution >= 4 is 10.2 Å². The molecule has 2 unspecified atom stereocenters. The summed E-state index contributed by atoms with van der Waals surface area (Å²) in [6.45, 7) is 2.77. The zero-order valence-electron chi connectivity index (χ0n) is 10.1. The smallest absolute Gasteiger partial charge is 0.279 e. The minimum Gasteiger partial charge on any atom is -0.330 e. The average Bonchev–Trinajstić information content (AvgIpc) is 2.28. The second-order valence-corrected chi connectivity index (χ2v) is 6.18. The molecule has 0 spiro atoms. The number of nitrogens with two attached hydrogens (primary N) is 1. The van der Waals surface area contributed by atoms with E-state index >= 15 is 0 Å². The summed E-state index contributed by atoms with van der Waals surface area (Å²) in [4.78, 5) is 0. The van der Waals surface area contributed by atoms with Gasteiger partial charge in [-0.15, -0.1) is 0 Å². The van der Waals surface area contributed by atoms with Crippen molar-refractivity contribution in [1.29, 1.82) is 0 Å². The first kappa shape index (κ1) is 13.9. The lowest BCUT2D eigenvalue weighted by molar-refractivity contribution is 0.203. The summed E-state index contributed by atoms with van der Waals surface area (Å²) in [5.41, 5.74) is 5.71. The van der Waals surface area contributed by atoms with Gasteiger partial charge in [-0.3, -0.25) is 0 Å². The van der Waals surface area contributed by atoms with Gasteiger partial charge in [0.1, 0.15) is 0 Å². The molecule has 5 nitrogen and oxygen atoms in total. The van der Waals surface area contributed by atoms with E-state index in [2.05, 4.69) is 4.72 Å². The molecule has 0 aliphatic heterocycles. The Bertz CT molecular complexity index is 305. The van der Waals surface area contributed by atoms with E-state index in [4.69, 9.17) is 5.73 Å². The van der Waals surface area contributed by atoms with Gasteiger partial charge in [-0.05, 0) is 25.3 Å². The third-order valence-corrected chi connectivity index (χ3v) is 5.03. The fraction of sp³-hybridized carbons (Fsp3) is 1.00. The third kappa shape index (κ3) is 3.16. The van der Waals surface area contributed by atoms with Crippen molar-refractivity contribution in [3.05, 3.63) is 0 Å². The van der Waals surface area contributed by atoms with Gasteiger partial charge in [0.2, 0.25) is 0 Å². The molecule has 1 aliphatic rings. The van der Waals surface area contributed by atoms with Crippen LogP contribution >= 0.6 is 0 Å². The van der Waals surface area contributed by atoms with E-state index in [1.165, 1.54) is 4.31 Å². The second-order valence-electron chi connectivity index (χ2n) is 4.37. The Morgan fingerprint density at radius 2 is 2.00 bits per heavy atom. The maximum Gasteiger partial charge on any atom is 0.279 e. The third-order valence-electron chi connectivity index (χ3n) is 3.34. The van der Waals surface area contributed by atoms with Crippen molar-refractivity contribution in [3.8, 4) is 0 Å². The van der Waals surface area contributed by atoms with Crippen LogP contribution < -0.4 is 10.5 Å². The van der Waals surface area contributed by atoms with Gasteiger partial charge in [-0.1, -0.05) is 19.8 Å². The van der Waals surface area contributed by atoms with Crippen LogP contribution in [0.3, 0.4) is 0 Å². The van der Waals surface area contributed by atoms with E-state index in [9.17, 15) is 8.42 Å². The van der Waals surface area contributed by atoms with Crippen LogP contribution in [-0.4, -0.2) is 38.9 Å². The summed E-state index contributed by atoms with van der Waals surface area (Å²) >= 11 is 0. The topological polar surface area (TPSA) is 75.4 Å². The van der Waals surface area contributed by atoms with Crippen molar-refractivity contribution in [1.82, 2.24) is 9.03 Å². The Labute approximate surface area is 98.6 Å². The predicted molar refractivity (Wildman–Crippen MR) is 65.2 cm³/mol. The van der Waals surface area contributed by atoms with Gasteiger partial charge < -0.3 is 5.73 Å². The van der Waals surface area contributed by atoms with Crippen LogP contribution in [0.25, 0.3) is 0 Å². The fourth-order valence-corrected chi connectivity index (χ4v) is 3.61. The summed E-state index contributed by atoms with van der Waals surface area (Å²) < 4.78 is 27.7. The second kappa shape index (κ2) is 5.95. The Morgan fingerprint density at radius 3 is 2.56 bits per heavy atom. The minimum atomic E-state index is -3.33. The normalized spacial score (nSPS) is 27.2. The van der Waals surface area contributed by atoms with Crippen LogP contribution in [0.5, 0.6) is 0 Å². The van der Waals surface area contributed by atoms with Crippen molar-refractivity contribution < 1.29 is 8.42 Å². The molecule has 0 saturated heterocycles. The molecule has 1 aliphatic carbocycles. The molecule has 96 valence electrons. The zero-order valence-corrected chi connectivity index (χ0v) is 11.0. The Morgan fingerprint density at radius 1 is 1.38 bits per heavy atom. The van der Waals surface area contributed by atoms with Gasteiger partial charge >= 0.3 is 0 Å². The summed E-state index contributed by atoms with van der Waals surface area (Å²) in [7, 11) is -1.68. The van der Waals surface area contributed by atoms with Crippen molar-refractivity contribution in [3.63, 3.8) is 0 Å². The summed E-state index contributed by atoms with van der Waals surface area (Å²) in [5, 5.41) is 0. The van der Waals surface area contributed by atoms with E-state index in [0.29, 0.717) is 19.0 Å². The first-order valence-electron chi connectivity index (χ1n) is 5.95. The molecular weight excluding hydrogens is 226 g/mol. The molecule has 0 amide bonds. The van der Waals surface area contributed by atoms with Gasteiger partial charge in [0.05, 0.1) is 0 Å². The molecule has 1 saturated carbocycles. The van der Waals surface area contributed by atoms with E-state index in [1.807, 2.05) is 0 Å². The highest BCUT2D eigenvalue weighted by atomic mass is 32.2. The van der Waals surface area contributed by atoms with Crippen LogP contribution in [0.2, 0.25) is 0 Å². The molecule has 1 rings (SSSR count). The van der Waals surface area contributed by atoms with Gasteiger partial charge in [-0.25, -0.2) is 4.72 Å². The van der Waals surface area contributed by atoms with Crippen LogP contribution in [0.15, 0.2) is 0 Å². The zero-order chi connectivity index (χ0) is 12.2. The summed E-state index contributed by atoms with van der Waals surface area (Å²) in [5.74, 6) is 0.298. The lowest BCUT2D eigenvalue weighted by Gasteiger charge is -2.36. The predicted octanol–water partition coefficient (Wildman–Crippen LogP) is 0.290. The SMILES string of the molecule is CCNS(=O)(=O)N(C)C1CCCCC1CN. The molecule has 0 bridgehead atoms.